The molecule has 1 saturated heterocycles. The number of imide groups is 1. The van der Waals surface area contributed by atoms with Gasteiger partial charge in [-0.3, -0.25) is 9.59 Å². The first-order chi connectivity index (χ1) is 13.1. The van der Waals surface area contributed by atoms with E-state index in [1.165, 1.54) is 4.90 Å². The highest BCUT2D eigenvalue weighted by Crippen LogP contribution is 2.44. The predicted molar refractivity (Wildman–Crippen MR) is 100 cm³/mol. The fraction of sp³-hybridized carbons (Fsp3) is 0.318. The lowest BCUT2D eigenvalue weighted by atomic mass is 9.76. The smallest absolute Gasteiger partial charge is 0.343 e. The average Bonchev–Trinajstić information content (AvgIpc) is 2.93. The number of ether oxygens (including phenoxy) is 1. The summed E-state index contributed by atoms with van der Waals surface area (Å²) in [4.78, 5) is 39.5. The number of hydrogen-bond acceptors (Lipinski definition) is 4. The van der Waals surface area contributed by atoms with E-state index >= 15 is 0 Å². The molecule has 2 aromatic rings. The lowest BCUT2D eigenvalue weighted by Crippen LogP contribution is -2.31. The number of fused-ring (bicyclic) bond motifs is 1. The van der Waals surface area contributed by atoms with Gasteiger partial charge >= 0.3 is 5.97 Å². The second kappa shape index (κ2) is 6.99. The molecule has 2 aliphatic rings. The van der Waals surface area contributed by atoms with Crippen LogP contribution in [-0.2, 0) is 9.59 Å². The van der Waals surface area contributed by atoms with Crippen molar-refractivity contribution >= 4 is 23.5 Å². The van der Waals surface area contributed by atoms with Gasteiger partial charge in [-0.05, 0) is 49.4 Å². The molecule has 0 aromatic heterocycles. The van der Waals surface area contributed by atoms with Crippen LogP contribution in [-0.4, -0.2) is 17.8 Å². The zero-order valence-corrected chi connectivity index (χ0v) is 15.1. The lowest BCUT2D eigenvalue weighted by molar-refractivity contribution is -0.122. The van der Waals surface area contributed by atoms with Crippen LogP contribution in [0, 0.1) is 17.8 Å². The van der Waals surface area contributed by atoms with Gasteiger partial charge in [0.1, 0.15) is 0 Å². The van der Waals surface area contributed by atoms with Crippen molar-refractivity contribution in [3.05, 3.63) is 60.2 Å². The molecule has 2 aromatic carbocycles. The molecule has 5 nitrogen and oxygen atoms in total. The Hall–Kier alpha value is -2.95. The van der Waals surface area contributed by atoms with Gasteiger partial charge in [0, 0.05) is 0 Å². The quantitative estimate of drug-likeness (QED) is 0.472. The molecule has 0 unspecified atom stereocenters. The number of nitrogens with zero attached hydrogens (tertiary/aromatic N) is 1. The van der Waals surface area contributed by atoms with E-state index in [2.05, 4.69) is 6.92 Å². The standard InChI is InChI=1S/C22H21NO4/c1-14-11-12-16-17(13-14)21(25)23(20(16)24)18-9-5-6-10-19(18)27-22(26)15-7-3-2-4-8-15/h2-10,14,16-17H,11-13H2,1H3/t14-,16-,17-/m1/s1. The minimum atomic E-state index is -0.520. The maximum atomic E-state index is 13.0. The molecule has 1 heterocycles. The van der Waals surface area contributed by atoms with Gasteiger partial charge in [-0.2, -0.15) is 0 Å². The fourth-order valence-electron chi connectivity index (χ4n) is 4.09. The number of hydrogen-bond donors (Lipinski definition) is 0. The number of rotatable bonds is 3. The molecule has 0 N–H and O–H groups in total. The number of amides is 2. The van der Waals surface area contributed by atoms with Crippen LogP contribution >= 0.6 is 0 Å². The van der Waals surface area contributed by atoms with Crippen LogP contribution in [0.1, 0.15) is 36.5 Å². The van der Waals surface area contributed by atoms with Crippen LogP contribution in [0.15, 0.2) is 54.6 Å². The Morgan fingerprint density at radius 2 is 1.59 bits per heavy atom. The third-order valence-corrected chi connectivity index (χ3v) is 5.51. The summed E-state index contributed by atoms with van der Waals surface area (Å²) in [5.74, 6) is -0.743. The van der Waals surface area contributed by atoms with Crippen molar-refractivity contribution in [1.29, 1.82) is 0 Å². The van der Waals surface area contributed by atoms with Crippen LogP contribution in [0.25, 0.3) is 0 Å². The van der Waals surface area contributed by atoms with Crippen LogP contribution < -0.4 is 9.64 Å². The average molecular weight is 363 g/mol. The van der Waals surface area contributed by atoms with E-state index in [0.29, 0.717) is 17.2 Å². The summed E-state index contributed by atoms with van der Waals surface area (Å²) in [5, 5.41) is 0. The van der Waals surface area contributed by atoms with Gasteiger partial charge < -0.3 is 4.74 Å². The molecule has 138 valence electrons. The van der Waals surface area contributed by atoms with E-state index in [-0.39, 0.29) is 29.4 Å². The molecule has 0 radical (unpaired) electrons. The highest BCUT2D eigenvalue weighted by Gasteiger charge is 2.50. The van der Waals surface area contributed by atoms with Gasteiger partial charge in [0.25, 0.3) is 0 Å². The van der Waals surface area contributed by atoms with Gasteiger partial charge in [0.2, 0.25) is 11.8 Å². The number of esters is 1. The Balaban J connectivity index is 1.64. The molecule has 5 heteroatoms. The normalized spacial score (nSPS) is 24.6. The third-order valence-electron chi connectivity index (χ3n) is 5.51. The fourth-order valence-corrected chi connectivity index (χ4v) is 4.09. The monoisotopic (exact) mass is 363 g/mol. The van der Waals surface area contributed by atoms with E-state index in [9.17, 15) is 14.4 Å². The van der Waals surface area contributed by atoms with Crippen molar-refractivity contribution in [2.75, 3.05) is 4.90 Å². The van der Waals surface area contributed by atoms with Gasteiger partial charge in [-0.15, -0.1) is 0 Å². The molecular formula is C22H21NO4. The van der Waals surface area contributed by atoms with E-state index in [1.807, 2.05) is 6.07 Å². The molecule has 3 atom stereocenters. The van der Waals surface area contributed by atoms with E-state index in [1.54, 1.807) is 48.5 Å². The third kappa shape index (κ3) is 3.14. The number of para-hydroxylation sites is 2. The summed E-state index contributed by atoms with van der Waals surface area (Å²) >= 11 is 0. The van der Waals surface area contributed by atoms with Crippen LogP contribution in [0.4, 0.5) is 5.69 Å². The second-order valence-electron chi connectivity index (χ2n) is 7.37. The van der Waals surface area contributed by atoms with Crippen LogP contribution in [0.3, 0.4) is 0 Å². The molecular weight excluding hydrogens is 342 g/mol. The Labute approximate surface area is 157 Å². The van der Waals surface area contributed by atoms with Crippen molar-refractivity contribution in [3.63, 3.8) is 0 Å². The molecule has 0 bridgehead atoms. The summed E-state index contributed by atoms with van der Waals surface area (Å²) in [6.45, 7) is 2.12. The van der Waals surface area contributed by atoms with E-state index < -0.39 is 5.97 Å². The molecule has 0 spiro atoms. The summed E-state index contributed by atoms with van der Waals surface area (Å²) in [7, 11) is 0. The number of anilines is 1. The zero-order valence-electron chi connectivity index (χ0n) is 15.1. The minimum absolute atomic E-state index is 0.180. The Morgan fingerprint density at radius 3 is 2.37 bits per heavy atom. The van der Waals surface area contributed by atoms with Gasteiger partial charge in [-0.1, -0.05) is 37.3 Å². The molecule has 1 saturated carbocycles. The maximum absolute atomic E-state index is 13.0. The topological polar surface area (TPSA) is 63.7 Å². The molecule has 2 fully saturated rings. The number of carbonyl (C=O) groups is 3. The molecule has 1 aliphatic carbocycles. The maximum Gasteiger partial charge on any atom is 0.343 e. The SMILES string of the molecule is C[C@@H]1CC[C@H]2C(=O)N(c3ccccc3OC(=O)c3ccccc3)C(=O)[C@@H]2C1. The molecule has 27 heavy (non-hydrogen) atoms. The highest BCUT2D eigenvalue weighted by atomic mass is 16.5. The lowest BCUT2D eigenvalue weighted by Gasteiger charge is -2.25. The Bertz CT molecular complexity index is 892. The van der Waals surface area contributed by atoms with Crippen LogP contribution in [0.5, 0.6) is 5.75 Å². The van der Waals surface area contributed by atoms with Gasteiger partial charge in [0.15, 0.2) is 5.75 Å². The Morgan fingerprint density at radius 1 is 0.926 bits per heavy atom. The largest absolute Gasteiger partial charge is 0.421 e. The summed E-state index contributed by atoms with van der Waals surface area (Å²) in [5.41, 5.74) is 0.757. The van der Waals surface area contributed by atoms with Crippen molar-refractivity contribution in [3.8, 4) is 5.75 Å². The minimum Gasteiger partial charge on any atom is -0.421 e. The first kappa shape index (κ1) is 17.5. The molecule has 1 aliphatic heterocycles. The first-order valence-electron chi connectivity index (χ1n) is 9.30. The van der Waals surface area contributed by atoms with Gasteiger partial charge in [-0.25, -0.2) is 9.69 Å². The summed E-state index contributed by atoms with van der Waals surface area (Å²) in [6.07, 6.45) is 2.43. The number of carbonyl (C=O) groups excluding carboxylic acids is 3. The van der Waals surface area contributed by atoms with Gasteiger partial charge in [0.05, 0.1) is 23.1 Å². The predicted octanol–water partition coefficient (Wildman–Crippen LogP) is 3.83. The van der Waals surface area contributed by atoms with Crippen molar-refractivity contribution < 1.29 is 19.1 Å². The van der Waals surface area contributed by atoms with E-state index in [0.717, 1.165) is 19.3 Å². The summed E-state index contributed by atoms with van der Waals surface area (Å²) in [6, 6.07) is 15.4. The zero-order chi connectivity index (χ0) is 19.0. The molecule has 2 amide bonds. The van der Waals surface area contributed by atoms with E-state index in [4.69, 9.17) is 4.74 Å². The van der Waals surface area contributed by atoms with Crippen molar-refractivity contribution in [2.45, 2.75) is 26.2 Å². The second-order valence-corrected chi connectivity index (χ2v) is 7.37. The number of benzene rings is 2. The highest BCUT2D eigenvalue weighted by molar-refractivity contribution is 6.22. The first-order valence-corrected chi connectivity index (χ1v) is 9.30. The van der Waals surface area contributed by atoms with Crippen molar-refractivity contribution in [2.24, 2.45) is 17.8 Å². The molecule has 4 rings (SSSR count). The van der Waals surface area contributed by atoms with Crippen LogP contribution in [0.2, 0.25) is 0 Å². The summed E-state index contributed by atoms with van der Waals surface area (Å²) < 4.78 is 5.53. The Kier molecular flexibility index (Phi) is 4.52. The van der Waals surface area contributed by atoms with Crippen molar-refractivity contribution in [1.82, 2.24) is 0 Å².